The number of nitrogens with zero attached hydrogens (tertiary/aromatic N) is 1. The van der Waals surface area contributed by atoms with E-state index in [2.05, 4.69) is 12.2 Å². The summed E-state index contributed by atoms with van der Waals surface area (Å²) in [7, 11) is 0. The quantitative estimate of drug-likeness (QED) is 0.926. The molecule has 1 N–H and O–H groups in total. The molecule has 1 aromatic carbocycles. The minimum Gasteiger partial charge on any atom is -0.377 e. The van der Waals surface area contributed by atoms with Crippen molar-refractivity contribution in [2.24, 2.45) is 5.92 Å². The molecule has 2 aliphatic rings. The van der Waals surface area contributed by atoms with Gasteiger partial charge in [-0.3, -0.25) is 9.59 Å². The number of carbonyl (C=O) groups excluding carboxylic acids is 2. The topological polar surface area (TPSA) is 58.6 Å². The van der Waals surface area contributed by atoms with Crippen molar-refractivity contribution in [2.75, 3.05) is 25.1 Å². The molecular weight excluding hydrogens is 292 g/mol. The van der Waals surface area contributed by atoms with Gasteiger partial charge in [-0.05, 0) is 37.3 Å². The first-order valence-electron chi connectivity index (χ1n) is 8.24. The third-order valence-corrected chi connectivity index (χ3v) is 4.90. The van der Waals surface area contributed by atoms with Crippen molar-refractivity contribution in [3.63, 3.8) is 0 Å². The maximum Gasteiger partial charge on any atom is 0.227 e. The molecule has 124 valence electrons. The Labute approximate surface area is 137 Å². The highest BCUT2D eigenvalue weighted by molar-refractivity contribution is 5.91. The van der Waals surface area contributed by atoms with Gasteiger partial charge in [0.05, 0.1) is 25.2 Å². The van der Waals surface area contributed by atoms with Crippen LogP contribution in [0, 0.1) is 5.92 Å². The summed E-state index contributed by atoms with van der Waals surface area (Å²) in [5, 5.41) is 2.80. The minimum atomic E-state index is -0.182. The van der Waals surface area contributed by atoms with Crippen molar-refractivity contribution in [1.29, 1.82) is 0 Å². The highest BCUT2D eigenvalue weighted by Gasteiger charge is 2.49. The lowest BCUT2D eigenvalue weighted by Gasteiger charge is -2.45. The average molecular weight is 316 g/mol. The molecule has 2 amide bonds. The summed E-state index contributed by atoms with van der Waals surface area (Å²) >= 11 is 0. The zero-order chi connectivity index (χ0) is 16.4. The number of anilines is 1. The molecule has 0 radical (unpaired) electrons. The van der Waals surface area contributed by atoms with Gasteiger partial charge in [-0.25, -0.2) is 0 Å². The van der Waals surface area contributed by atoms with Gasteiger partial charge in [0.2, 0.25) is 11.8 Å². The van der Waals surface area contributed by atoms with Crippen LogP contribution in [0.1, 0.15) is 32.3 Å². The van der Waals surface area contributed by atoms with Gasteiger partial charge >= 0.3 is 0 Å². The fourth-order valence-corrected chi connectivity index (χ4v) is 3.47. The fraction of sp³-hybridized carbons (Fsp3) is 0.556. The molecule has 5 nitrogen and oxygen atoms in total. The first kappa shape index (κ1) is 16.0. The summed E-state index contributed by atoms with van der Waals surface area (Å²) in [5.41, 5.74) is 1.39. The molecule has 1 atom stereocenters. The monoisotopic (exact) mass is 316 g/mol. The molecule has 1 saturated carbocycles. The van der Waals surface area contributed by atoms with Crippen LogP contribution in [0.4, 0.5) is 5.69 Å². The summed E-state index contributed by atoms with van der Waals surface area (Å²) in [6, 6.07) is 7.50. The number of ether oxygens (including phenoxy) is 1. The van der Waals surface area contributed by atoms with Crippen molar-refractivity contribution in [1.82, 2.24) is 4.90 Å². The van der Waals surface area contributed by atoms with Crippen LogP contribution < -0.4 is 5.32 Å². The van der Waals surface area contributed by atoms with E-state index in [9.17, 15) is 9.59 Å². The lowest BCUT2D eigenvalue weighted by atomic mass is 9.92. The second kappa shape index (κ2) is 6.32. The number of morpholine rings is 1. The Morgan fingerprint density at radius 2 is 2.09 bits per heavy atom. The second-order valence-electron chi connectivity index (χ2n) is 6.74. The van der Waals surface area contributed by atoms with Crippen LogP contribution in [0.25, 0.3) is 0 Å². The third-order valence-electron chi connectivity index (χ3n) is 4.90. The zero-order valence-electron chi connectivity index (χ0n) is 13.8. The van der Waals surface area contributed by atoms with E-state index in [-0.39, 0.29) is 17.4 Å². The lowest BCUT2D eigenvalue weighted by molar-refractivity contribution is -0.149. The highest BCUT2D eigenvalue weighted by Crippen LogP contribution is 2.44. The summed E-state index contributed by atoms with van der Waals surface area (Å²) in [4.78, 5) is 26.2. The smallest absolute Gasteiger partial charge is 0.227 e. The average Bonchev–Trinajstić information content (AvgIpc) is 3.34. The van der Waals surface area contributed by atoms with Crippen LogP contribution in [-0.2, 0) is 20.7 Å². The number of rotatable bonds is 4. The third kappa shape index (κ3) is 3.39. The first-order valence-corrected chi connectivity index (χ1v) is 8.24. The van der Waals surface area contributed by atoms with Crippen molar-refractivity contribution >= 4 is 17.5 Å². The van der Waals surface area contributed by atoms with E-state index in [1.165, 1.54) is 19.8 Å². The van der Waals surface area contributed by atoms with Gasteiger partial charge in [-0.2, -0.15) is 0 Å². The standard InChI is InChI=1S/C18H24N2O3/c1-13(21)19-16-6-4-3-5-14(16)11-17(22)20-9-10-23-12-18(20,2)15-7-8-15/h3-6,15H,7-12H2,1-2H3,(H,19,21)/t18-/m0/s1. The van der Waals surface area contributed by atoms with Crippen molar-refractivity contribution in [3.05, 3.63) is 29.8 Å². The molecule has 2 fully saturated rings. The summed E-state index contributed by atoms with van der Waals surface area (Å²) in [6.45, 7) is 5.48. The maximum absolute atomic E-state index is 12.9. The van der Waals surface area contributed by atoms with Crippen LogP contribution >= 0.6 is 0 Å². The fourth-order valence-electron chi connectivity index (χ4n) is 3.47. The summed E-state index contributed by atoms with van der Waals surface area (Å²) < 4.78 is 5.64. The predicted molar refractivity (Wildman–Crippen MR) is 88.1 cm³/mol. The van der Waals surface area contributed by atoms with Crippen LogP contribution in [0.2, 0.25) is 0 Å². The van der Waals surface area contributed by atoms with E-state index in [1.807, 2.05) is 29.2 Å². The molecule has 1 heterocycles. The van der Waals surface area contributed by atoms with Gasteiger partial charge in [0, 0.05) is 19.2 Å². The number of carbonyl (C=O) groups is 2. The van der Waals surface area contributed by atoms with Crippen LogP contribution in [0.15, 0.2) is 24.3 Å². The van der Waals surface area contributed by atoms with Gasteiger partial charge in [0.25, 0.3) is 0 Å². The molecule has 1 aliphatic heterocycles. The Hall–Kier alpha value is -1.88. The summed E-state index contributed by atoms with van der Waals surface area (Å²) in [6.07, 6.45) is 2.65. The molecule has 1 saturated heterocycles. The normalized spacial score (nSPS) is 24.3. The van der Waals surface area contributed by atoms with Crippen LogP contribution in [-0.4, -0.2) is 42.0 Å². The van der Waals surface area contributed by atoms with E-state index >= 15 is 0 Å². The van der Waals surface area contributed by atoms with Crippen molar-refractivity contribution < 1.29 is 14.3 Å². The molecule has 5 heteroatoms. The number of nitrogens with one attached hydrogen (secondary N) is 1. The van der Waals surface area contributed by atoms with Crippen molar-refractivity contribution in [2.45, 2.75) is 38.6 Å². The Bertz CT molecular complexity index is 612. The van der Waals surface area contributed by atoms with E-state index in [4.69, 9.17) is 4.74 Å². The molecule has 0 bridgehead atoms. The summed E-state index contributed by atoms with van der Waals surface area (Å²) in [5.74, 6) is 0.539. The van der Waals surface area contributed by atoms with E-state index < -0.39 is 0 Å². The molecular formula is C18H24N2O3. The van der Waals surface area contributed by atoms with Gasteiger partial charge in [0.15, 0.2) is 0 Å². The van der Waals surface area contributed by atoms with Gasteiger partial charge in [-0.15, -0.1) is 0 Å². The molecule has 1 aliphatic carbocycles. The van der Waals surface area contributed by atoms with Crippen LogP contribution in [0.5, 0.6) is 0 Å². The predicted octanol–water partition coefficient (Wildman–Crippen LogP) is 2.21. The SMILES string of the molecule is CC(=O)Nc1ccccc1CC(=O)N1CCOC[C@@]1(C)C1CC1. The molecule has 23 heavy (non-hydrogen) atoms. The van der Waals surface area contributed by atoms with E-state index in [1.54, 1.807) is 0 Å². The number of para-hydroxylation sites is 1. The van der Waals surface area contributed by atoms with Gasteiger partial charge in [0.1, 0.15) is 0 Å². The zero-order valence-corrected chi connectivity index (χ0v) is 13.8. The molecule has 0 spiro atoms. The van der Waals surface area contributed by atoms with Gasteiger partial charge in [-0.1, -0.05) is 18.2 Å². The Morgan fingerprint density at radius 3 is 2.78 bits per heavy atom. The minimum absolute atomic E-state index is 0.112. The number of hydrogen-bond donors (Lipinski definition) is 1. The Kier molecular flexibility index (Phi) is 4.39. The lowest BCUT2D eigenvalue weighted by Crippen LogP contribution is -2.59. The van der Waals surface area contributed by atoms with Crippen LogP contribution in [0.3, 0.4) is 0 Å². The first-order chi connectivity index (χ1) is 11.0. The van der Waals surface area contributed by atoms with Crippen molar-refractivity contribution in [3.8, 4) is 0 Å². The number of amides is 2. The second-order valence-corrected chi connectivity index (χ2v) is 6.74. The molecule has 1 aromatic rings. The number of benzene rings is 1. The molecule has 0 unspecified atom stereocenters. The Morgan fingerprint density at radius 1 is 1.35 bits per heavy atom. The largest absolute Gasteiger partial charge is 0.377 e. The van der Waals surface area contributed by atoms with E-state index in [0.717, 1.165) is 11.3 Å². The number of hydrogen-bond acceptors (Lipinski definition) is 3. The van der Waals surface area contributed by atoms with E-state index in [0.29, 0.717) is 32.1 Å². The Balaban J connectivity index is 1.77. The maximum atomic E-state index is 12.9. The van der Waals surface area contributed by atoms with Gasteiger partial charge < -0.3 is 15.0 Å². The molecule has 0 aromatic heterocycles. The highest BCUT2D eigenvalue weighted by atomic mass is 16.5. The molecule has 3 rings (SSSR count).